The maximum Gasteiger partial charge on any atom is 0.262 e. The summed E-state index contributed by atoms with van der Waals surface area (Å²) in [5.41, 5.74) is 0.563. The smallest absolute Gasteiger partial charge is 0.262 e. The summed E-state index contributed by atoms with van der Waals surface area (Å²) in [6.45, 7) is 2.53. The molecule has 2 aliphatic heterocycles. The van der Waals surface area contributed by atoms with Gasteiger partial charge < -0.3 is 19.8 Å². The molecule has 2 aliphatic rings. The summed E-state index contributed by atoms with van der Waals surface area (Å²) in [5.74, 6) is 0.224. The number of carbonyl (C=O) groups is 1. The summed E-state index contributed by atoms with van der Waals surface area (Å²) in [7, 11) is 3.60. The molecule has 1 amide bonds. The van der Waals surface area contributed by atoms with Gasteiger partial charge in [0.15, 0.2) is 5.76 Å². The molecule has 1 unspecified atom stereocenters. The molecule has 0 saturated carbocycles. The van der Waals surface area contributed by atoms with Crippen molar-refractivity contribution in [3.63, 3.8) is 0 Å². The number of likely N-dealkylation sites (tertiary alicyclic amines) is 1. The zero-order valence-corrected chi connectivity index (χ0v) is 19.2. The number of aliphatic hydroxyl groups is 1. The minimum Gasteiger partial charge on any atom is -0.373 e. The molecule has 3 aromatic heterocycles. The van der Waals surface area contributed by atoms with Crippen molar-refractivity contribution >= 4 is 18.1 Å². The van der Waals surface area contributed by atoms with Crippen LogP contribution in [0, 0.1) is 0 Å². The van der Waals surface area contributed by atoms with Crippen molar-refractivity contribution in [2.45, 2.75) is 37.5 Å². The summed E-state index contributed by atoms with van der Waals surface area (Å²) in [6.07, 6.45) is 4.71. The lowest BCUT2D eigenvalue weighted by Gasteiger charge is -2.26. The molecule has 5 heterocycles. The number of hydrogen-bond acceptors (Lipinski definition) is 10. The largest absolute Gasteiger partial charge is 0.373 e. The molecule has 11 heteroatoms. The molecule has 1 fully saturated rings. The van der Waals surface area contributed by atoms with Crippen molar-refractivity contribution < 1.29 is 14.4 Å². The van der Waals surface area contributed by atoms with Crippen molar-refractivity contribution in [2.24, 2.45) is 5.10 Å². The number of hydrazone groups is 1. The monoisotopic (exact) mass is 462 g/mol. The topological polar surface area (TPSA) is 133 Å². The van der Waals surface area contributed by atoms with Gasteiger partial charge in [-0.25, -0.2) is 15.0 Å². The SMILES string of the molecule is C[C@@H](Nc1nccc(-c2cccc(-c3cc([C@]4(O)CCN(C)C4=O)on3)n2)n1)C1CC=NN1C. The Balaban J connectivity index is 1.37. The summed E-state index contributed by atoms with van der Waals surface area (Å²) in [5, 5.41) is 24.4. The lowest BCUT2D eigenvalue weighted by atomic mass is 9.98. The first-order chi connectivity index (χ1) is 16.3. The molecule has 2 N–H and O–H groups in total. The highest BCUT2D eigenvalue weighted by molar-refractivity contribution is 5.87. The second-order valence-corrected chi connectivity index (χ2v) is 8.69. The molecule has 5 rings (SSSR count). The first-order valence-electron chi connectivity index (χ1n) is 11.1. The van der Waals surface area contributed by atoms with E-state index in [2.05, 4.69) is 37.5 Å². The minimum absolute atomic E-state index is 0.0961. The van der Waals surface area contributed by atoms with Gasteiger partial charge in [-0.1, -0.05) is 11.2 Å². The third kappa shape index (κ3) is 3.87. The maximum atomic E-state index is 12.4. The Morgan fingerprint density at radius 1 is 1.18 bits per heavy atom. The minimum atomic E-state index is -1.69. The van der Waals surface area contributed by atoms with E-state index in [1.54, 1.807) is 31.4 Å². The highest BCUT2D eigenvalue weighted by atomic mass is 16.5. The molecule has 3 aromatic rings. The number of nitrogens with zero attached hydrogens (tertiary/aromatic N) is 7. The Morgan fingerprint density at radius 2 is 1.94 bits per heavy atom. The van der Waals surface area contributed by atoms with E-state index in [1.165, 1.54) is 4.90 Å². The highest BCUT2D eigenvalue weighted by Gasteiger charge is 2.48. The molecule has 0 spiro atoms. The fourth-order valence-corrected chi connectivity index (χ4v) is 4.31. The number of pyridine rings is 1. The Kier molecular flexibility index (Phi) is 5.48. The van der Waals surface area contributed by atoms with Crippen LogP contribution in [0.15, 0.2) is 46.2 Å². The van der Waals surface area contributed by atoms with Crippen molar-refractivity contribution in [2.75, 3.05) is 26.0 Å². The van der Waals surface area contributed by atoms with Gasteiger partial charge in [0, 0.05) is 58.0 Å². The van der Waals surface area contributed by atoms with E-state index >= 15 is 0 Å². The zero-order chi connectivity index (χ0) is 23.9. The fraction of sp³-hybridized carbons (Fsp3) is 0.391. The van der Waals surface area contributed by atoms with Crippen LogP contribution in [-0.2, 0) is 10.4 Å². The second-order valence-electron chi connectivity index (χ2n) is 8.69. The van der Waals surface area contributed by atoms with E-state index in [4.69, 9.17) is 4.52 Å². The van der Waals surface area contributed by atoms with Gasteiger partial charge >= 0.3 is 0 Å². The molecule has 11 nitrogen and oxygen atoms in total. The van der Waals surface area contributed by atoms with Crippen molar-refractivity contribution in [1.82, 2.24) is 30.0 Å². The number of amides is 1. The number of carbonyl (C=O) groups excluding carboxylic acids is 1. The van der Waals surface area contributed by atoms with Crippen molar-refractivity contribution in [1.29, 1.82) is 0 Å². The Bertz CT molecular complexity index is 1240. The van der Waals surface area contributed by atoms with Crippen LogP contribution in [0.4, 0.5) is 5.95 Å². The maximum absolute atomic E-state index is 12.4. The summed E-state index contributed by atoms with van der Waals surface area (Å²) in [4.78, 5) is 27.5. The van der Waals surface area contributed by atoms with Gasteiger partial charge in [-0.2, -0.15) is 5.10 Å². The van der Waals surface area contributed by atoms with Crippen LogP contribution in [0.2, 0.25) is 0 Å². The van der Waals surface area contributed by atoms with Crippen LogP contribution in [0.1, 0.15) is 25.5 Å². The van der Waals surface area contributed by atoms with E-state index in [0.717, 1.165) is 6.42 Å². The molecule has 3 atom stereocenters. The highest BCUT2D eigenvalue weighted by Crippen LogP contribution is 2.34. The third-order valence-electron chi connectivity index (χ3n) is 6.38. The number of nitrogens with one attached hydrogen (secondary N) is 1. The lowest BCUT2D eigenvalue weighted by molar-refractivity contribution is -0.144. The number of anilines is 1. The normalized spacial score (nSPS) is 23.1. The van der Waals surface area contributed by atoms with Gasteiger partial charge in [-0.05, 0) is 25.1 Å². The third-order valence-corrected chi connectivity index (χ3v) is 6.38. The Labute approximate surface area is 196 Å². The van der Waals surface area contributed by atoms with Crippen LogP contribution in [0.5, 0.6) is 0 Å². The van der Waals surface area contributed by atoms with Crippen LogP contribution < -0.4 is 5.32 Å². The fourth-order valence-electron chi connectivity index (χ4n) is 4.31. The summed E-state index contributed by atoms with van der Waals surface area (Å²) < 4.78 is 5.35. The van der Waals surface area contributed by atoms with Gasteiger partial charge in [-0.3, -0.25) is 9.80 Å². The molecule has 0 bridgehead atoms. The Hall–Kier alpha value is -3.86. The van der Waals surface area contributed by atoms with Crippen LogP contribution in [0.3, 0.4) is 0 Å². The van der Waals surface area contributed by atoms with E-state index in [9.17, 15) is 9.90 Å². The van der Waals surface area contributed by atoms with Crippen LogP contribution in [0.25, 0.3) is 22.8 Å². The molecule has 0 radical (unpaired) electrons. The van der Waals surface area contributed by atoms with E-state index in [1.807, 2.05) is 30.4 Å². The van der Waals surface area contributed by atoms with Crippen molar-refractivity contribution in [3.8, 4) is 22.8 Å². The zero-order valence-electron chi connectivity index (χ0n) is 19.2. The Morgan fingerprint density at radius 3 is 2.65 bits per heavy atom. The van der Waals surface area contributed by atoms with Gasteiger partial charge in [0.2, 0.25) is 11.5 Å². The van der Waals surface area contributed by atoms with Gasteiger partial charge in [0.25, 0.3) is 5.91 Å². The number of hydrogen-bond donors (Lipinski definition) is 2. The molecular weight excluding hydrogens is 436 g/mol. The average molecular weight is 463 g/mol. The summed E-state index contributed by atoms with van der Waals surface area (Å²) >= 11 is 0. The van der Waals surface area contributed by atoms with Gasteiger partial charge in [-0.15, -0.1) is 0 Å². The van der Waals surface area contributed by atoms with Crippen molar-refractivity contribution in [3.05, 3.63) is 42.3 Å². The lowest BCUT2D eigenvalue weighted by Crippen LogP contribution is -2.38. The predicted octanol–water partition coefficient (Wildman–Crippen LogP) is 1.73. The standard InChI is InChI=1S/C23H26N8O3/c1-14(19-8-11-25-31(19)3)26-22-24-10-7-17(28-22)15-5-4-6-16(27-15)18-13-20(34-29-18)23(33)9-12-30(2)21(23)32/h4-7,10-11,13-14,19,33H,8-9,12H2,1-3H3,(H,24,26,28)/t14-,19?,23-/m1/s1. The van der Waals surface area contributed by atoms with Gasteiger partial charge in [0.05, 0.1) is 23.1 Å². The predicted molar refractivity (Wildman–Crippen MR) is 125 cm³/mol. The van der Waals surface area contributed by atoms with Crippen LogP contribution >= 0.6 is 0 Å². The number of aromatic nitrogens is 4. The average Bonchev–Trinajstić information content (AvgIpc) is 3.57. The van der Waals surface area contributed by atoms with Crippen LogP contribution in [-0.4, -0.2) is 80.0 Å². The molecule has 0 aliphatic carbocycles. The number of rotatable bonds is 6. The summed E-state index contributed by atoms with van der Waals surface area (Å²) in [6, 6.07) is 9.17. The quantitative estimate of drug-likeness (QED) is 0.562. The molecule has 0 aromatic carbocycles. The van der Waals surface area contributed by atoms with E-state index in [-0.39, 0.29) is 24.3 Å². The molecule has 1 saturated heterocycles. The molecule has 176 valence electrons. The van der Waals surface area contributed by atoms with Gasteiger partial charge in [0.1, 0.15) is 5.69 Å². The first-order valence-corrected chi connectivity index (χ1v) is 11.1. The second kappa shape index (κ2) is 8.49. The molecular formula is C23H26N8O3. The molecule has 34 heavy (non-hydrogen) atoms. The first kappa shape index (κ1) is 22.0. The number of likely N-dealkylation sites (N-methyl/N-ethyl adjacent to an activating group) is 2. The van der Waals surface area contributed by atoms with E-state index < -0.39 is 11.5 Å². The van der Waals surface area contributed by atoms with E-state index in [0.29, 0.717) is 35.3 Å².